The number of pyridine rings is 1. The standard InChI is InChI=1S/C43H74ClN3O12/c1-15-31-43(10,52)36(48)27(6)47(13)22-23(2)19-41(8,51)38(59-40-35(30(46(11)12)18-24(3)54-40)56-29-16-17-32(44)45-21-29)25(4)34(26(5)39(50)57-31)58-33-20-42(9,53-14)37(49)28(7)55-33/h16-17,21,23-28,30-31,33-38,40,48-49,51-52H,15,18-20,22H2,1-14H3/t23?,24-,25?,26?,27?,28+,30+,31?,33+,34?,35-,36?,37+,38?,40+,41?,42-,43?/m1/s1. The Hall–Kier alpha value is -1.73. The maximum absolute atomic E-state index is 14.4. The Morgan fingerprint density at radius 1 is 0.983 bits per heavy atom. The van der Waals surface area contributed by atoms with Gasteiger partial charge in [0.1, 0.15) is 34.8 Å². The van der Waals surface area contributed by atoms with E-state index in [9.17, 15) is 25.2 Å². The van der Waals surface area contributed by atoms with Gasteiger partial charge in [0.05, 0.1) is 53.8 Å². The maximum Gasteiger partial charge on any atom is 0.311 e. The van der Waals surface area contributed by atoms with Crippen LogP contribution in [0.5, 0.6) is 5.75 Å². The van der Waals surface area contributed by atoms with Crippen molar-refractivity contribution in [2.45, 2.75) is 185 Å². The van der Waals surface area contributed by atoms with Gasteiger partial charge in [-0.15, -0.1) is 0 Å². The van der Waals surface area contributed by atoms with Crippen LogP contribution in [-0.4, -0.2) is 166 Å². The van der Waals surface area contributed by atoms with Gasteiger partial charge in [0.2, 0.25) is 0 Å². The molecule has 0 spiro atoms. The van der Waals surface area contributed by atoms with E-state index in [-0.39, 0.29) is 37.3 Å². The highest BCUT2D eigenvalue weighted by molar-refractivity contribution is 6.29. The second kappa shape index (κ2) is 20.2. The van der Waals surface area contributed by atoms with Crippen molar-refractivity contribution in [3.8, 4) is 5.75 Å². The summed E-state index contributed by atoms with van der Waals surface area (Å²) in [6.45, 7) is 18.2. The molecular weight excluding hydrogens is 786 g/mol. The smallest absolute Gasteiger partial charge is 0.311 e. The summed E-state index contributed by atoms with van der Waals surface area (Å²) in [6, 6.07) is 2.63. The summed E-state index contributed by atoms with van der Waals surface area (Å²) in [7, 11) is 7.29. The zero-order valence-electron chi connectivity index (χ0n) is 37.7. The van der Waals surface area contributed by atoms with E-state index in [1.54, 1.807) is 46.8 Å². The van der Waals surface area contributed by atoms with Crippen molar-refractivity contribution < 1.29 is 58.4 Å². The molecule has 10 unspecified atom stereocenters. The van der Waals surface area contributed by atoms with Gasteiger partial charge in [0, 0.05) is 32.0 Å². The number of cyclic esters (lactones) is 1. The molecule has 59 heavy (non-hydrogen) atoms. The van der Waals surface area contributed by atoms with Crippen LogP contribution < -0.4 is 4.74 Å². The minimum absolute atomic E-state index is 0.125. The van der Waals surface area contributed by atoms with Gasteiger partial charge in [-0.25, -0.2) is 4.98 Å². The van der Waals surface area contributed by atoms with Crippen molar-refractivity contribution in [1.29, 1.82) is 0 Å². The lowest BCUT2D eigenvalue weighted by Gasteiger charge is -2.49. The molecule has 4 rings (SSSR count). The summed E-state index contributed by atoms with van der Waals surface area (Å²) in [5.41, 5.74) is -4.43. The van der Waals surface area contributed by atoms with Crippen LogP contribution in [-0.2, 0) is 33.2 Å². The normalized spacial score (nSPS) is 45.0. The second-order valence-electron chi connectivity index (χ2n) is 18.6. The van der Waals surface area contributed by atoms with Crippen molar-refractivity contribution in [3.63, 3.8) is 0 Å². The van der Waals surface area contributed by atoms with Gasteiger partial charge in [-0.05, 0) is 107 Å². The molecule has 0 aromatic carbocycles. The average molecular weight is 861 g/mol. The first-order valence-electron chi connectivity index (χ1n) is 21.2. The van der Waals surface area contributed by atoms with Crippen LogP contribution in [0.1, 0.15) is 94.9 Å². The molecule has 0 aliphatic carbocycles. The van der Waals surface area contributed by atoms with Crippen LogP contribution in [0, 0.1) is 17.8 Å². The van der Waals surface area contributed by atoms with Crippen molar-refractivity contribution >= 4 is 17.6 Å². The molecule has 0 radical (unpaired) electrons. The Kier molecular flexibility index (Phi) is 17.1. The van der Waals surface area contributed by atoms with Gasteiger partial charge < -0.3 is 63.4 Å². The van der Waals surface area contributed by atoms with Gasteiger partial charge in [-0.3, -0.25) is 4.79 Å². The highest BCUT2D eigenvalue weighted by Gasteiger charge is 2.53. The van der Waals surface area contributed by atoms with E-state index in [4.69, 9.17) is 44.8 Å². The number of aromatic nitrogens is 1. The van der Waals surface area contributed by atoms with Crippen molar-refractivity contribution in [3.05, 3.63) is 23.5 Å². The molecule has 4 heterocycles. The van der Waals surface area contributed by atoms with E-state index in [1.165, 1.54) is 20.2 Å². The van der Waals surface area contributed by atoms with E-state index in [0.29, 0.717) is 23.9 Å². The lowest BCUT2D eigenvalue weighted by molar-refractivity contribution is -0.316. The molecule has 1 aromatic rings. The summed E-state index contributed by atoms with van der Waals surface area (Å²) in [5, 5.41) is 47.6. The zero-order valence-corrected chi connectivity index (χ0v) is 38.5. The van der Waals surface area contributed by atoms with Crippen molar-refractivity contribution in [2.24, 2.45) is 17.8 Å². The van der Waals surface area contributed by atoms with Gasteiger partial charge in [-0.2, -0.15) is 0 Å². The highest BCUT2D eigenvalue weighted by atomic mass is 35.5. The molecule has 3 fully saturated rings. The Balaban J connectivity index is 1.87. The number of hydrogen-bond donors (Lipinski definition) is 4. The monoisotopic (exact) mass is 859 g/mol. The molecule has 0 saturated carbocycles. The van der Waals surface area contributed by atoms with Gasteiger partial charge in [0.25, 0.3) is 0 Å². The first kappa shape index (κ1) is 49.9. The molecule has 3 aliphatic heterocycles. The largest absolute Gasteiger partial charge is 0.482 e. The molecule has 4 N–H and O–H groups in total. The number of likely N-dealkylation sites (N-methyl/N-ethyl adjacent to an activating group) is 2. The fraction of sp³-hybridized carbons (Fsp3) is 0.860. The Bertz CT molecular complexity index is 1490. The van der Waals surface area contributed by atoms with Gasteiger partial charge >= 0.3 is 5.97 Å². The molecule has 0 amide bonds. The fourth-order valence-corrected chi connectivity index (χ4v) is 9.55. The molecule has 0 bridgehead atoms. The minimum atomic E-state index is -1.81. The van der Waals surface area contributed by atoms with Crippen molar-refractivity contribution in [1.82, 2.24) is 14.8 Å². The number of methoxy groups -OCH3 is 1. The molecule has 18 atom stereocenters. The lowest BCUT2D eigenvalue weighted by Crippen LogP contribution is -2.61. The van der Waals surface area contributed by atoms with Crippen LogP contribution in [0.15, 0.2) is 18.3 Å². The van der Waals surface area contributed by atoms with Gasteiger partial charge in [-0.1, -0.05) is 32.4 Å². The van der Waals surface area contributed by atoms with E-state index in [1.807, 2.05) is 53.7 Å². The zero-order chi connectivity index (χ0) is 44.4. The number of aliphatic hydroxyl groups excluding tert-OH is 2. The second-order valence-corrected chi connectivity index (χ2v) is 19.0. The summed E-state index contributed by atoms with van der Waals surface area (Å²) in [4.78, 5) is 22.6. The van der Waals surface area contributed by atoms with Crippen LogP contribution in [0.2, 0.25) is 5.15 Å². The minimum Gasteiger partial charge on any atom is -0.482 e. The topological polar surface area (TPSA) is 182 Å². The molecule has 3 saturated heterocycles. The van der Waals surface area contributed by atoms with Crippen LogP contribution >= 0.6 is 11.6 Å². The molecule has 16 heteroatoms. The lowest BCUT2D eigenvalue weighted by atomic mass is 9.77. The quantitative estimate of drug-likeness (QED) is 0.206. The number of esters is 1. The number of rotatable bonds is 9. The molecule has 1 aromatic heterocycles. The molecule has 15 nitrogen and oxygen atoms in total. The Morgan fingerprint density at radius 2 is 1.64 bits per heavy atom. The van der Waals surface area contributed by atoms with E-state index >= 15 is 0 Å². The Labute approximate surface area is 356 Å². The van der Waals surface area contributed by atoms with Crippen LogP contribution in [0.4, 0.5) is 0 Å². The first-order chi connectivity index (χ1) is 27.4. The number of halogens is 1. The van der Waals surface area contributed by atoms with Gasteiger partial charge in [0.15, 0.2) is 18.7 Å². The molecular formula is C43H74ClN3O12. The summed E-state index contributed by atoms with van der Waals surface area (Å²) >= 11 is 6.12. The fourth-order valence-electron chi connectivity index (χ4n) is 9.44. The highest BCUT2D eigenvalue weighted by Crippen LogP contribution is 2.40. The predicted molar refractivity (Wildman–Crippen MR) is 222 cm³/mol. The molecule has 340 valence electrons. The number of nitrogens with zero attached hydrogens (tertiary/aromatic N) is 3. The molecule has 3 aliphatic rings. The number of ether oxygens (including phenoxy) is 7. The maximum atomic E-state index is 14.4. The average Bonchev–Trinajstić information content (AvgIpc) is 3.16. The van der Waals surface area contributed by atoms with E-state index in [2.05, 4.69) is 9.88 Å². The number of aliphatic hydroxyl groups is 4. The van der Waals surface area contributed by atoms with Crippen LogP contribution in [0.25, 0.3) is 0 Å². The number of hydrogen-bond acceptors (Lipinski definition) is 15. The third-order valence-corrected chi connectivity index (χ3v) is 13.4. The first-order valence-corrected chi connectivity index (χ1v) is 21.6. The summed E-state index contributed by atoms with van der Waals surface area (Å²) in [5.74, 6) is -2.17. The number of carbonyl (C=O) groups excluding carboxylic acids is 1. The predicted octanol–water partition coefficient (Wildman–Crippen LogP) is 4.04. The van der Waals surface area contributed by atoms with Crippen LogP contribution in [0.3, 0.4) is 0 Å². The summed E-state index contributed by atoms with van der Waals surface area (Å²) in [6.07, 6.45) is -6.28. The SMILES string of the molecule is CCC1OC(=O)C(C)C(O[C@H]2C[C@@](C)(OC)[C@@H](O)[C@H](C)O2)C(C)C(O[C@@H]2O[C@H](C)C[C@H](N(C)C)[C@H]2Oc2ccc(Cl)nc2)C(C)(O)CC(C)CN(C)C(C)C(O)C1(C)O. The third-order valence-electron chi connectivity index (χ3n) is 13.2. The van der Waals surface area contributed by atoms with E-state index < -0.39 is 96.0 Å². The van der Waals surface area contributed by atoms with E-state index in [0.717, 1.165) is 0 Å². The third kappa shape index (κ3) is 11.7. The Morgan fingerprint density at radius 3 is 2.22 bits per heavy atom. The number of carbonyl (C=O) groups is 1. The summed E-state index contributed by atoms with van der Waals surface area (Å²) < 4.78 is 45.2. The van der Waals surface area contributed by atoms with Crippen molar-refractivity contribution in [2.75, 3.05) is 34.8 Å².